The highest BCUT2D eigenvalue weighted by Crippen LogP contribution is 2.30. The Bertz CT molecular complexity index is 473. The normalized spacial score (nSPS) is 18.7. The van der Waals surface area contributed by atoms with Crippen LogP contribution in [0.3, 0.4) is 0 Å². The number of carbonyl (C=O) groups is 1. The van der Waals surface area contributed by atoms with Crippen LogP contribution in [0.5, 0.6) is 0 Å². The molecule has 1 fully saturated rings. The first-order valence-electron chi connectivity index (χ1n) is 6.09. The third-order valence-electron chi connectivity index (χ3n) is 3.32. The molecule has 1 aliphatic rings. The Morgan fingerprint density at radius 1 is 1.56 bits per heavy atom. The zero-order valence-electron chi connectivity index (χ0n) is 10.7. The van der Waals surface area contributed by atoms with Gasteiger partial charge in [-0.25, -0.2) is 4.98 Å². The molecular weight excluding hydrogens is 250 g/mol. The van der Waals surface area contributed by atoms with Gasteiger partial charge in [0.25, 0.3) is 5.91 Å². The molecule has 0 unspecified atom stereocenters. The van der Waals surface area contributed by atoms with Crippen molar-refractivity contribution in [1.29, 1.82) is 0 Å². The second-order valence-electron chi connectivity index (χ2n) is 5.59. The molecule has 0 aliphatic carbocycles. The second-order valence-corrected chi connectivity index (χ2v) is 5.98. The number of pyridine rings is 1. The first-order valence-corrected chi connectivity index (χ1v) is 6.47. The fraction of sp³-hybridized carbons (Fsp3) is 0.538. The number of carbonyl (C=O) groups excluding carboxylic acids is 1. The molecule has 0 saturated carbocycles. The number of nitrogens with two attached hydrogens (primary N) is 1. The summed E-state index contributed by atoms with van der Waals surface area (Å²) in [6.07, 6.45) is 3.60. The molecule has 98 valence electrons. The van der Waals surface area contributed by atoms with Gasteiger partial charge >= 0.3 is 0 Å². The lowest BCUT2D eigenvalue weighted by atomic mass is 9.84. The van der Waals surface area contributed by atoms with Gasteiger partial charge in [0.1, 0.15) is 5.15 Å². The van der Waals surface area contributed by atoms with E-state index in [4.69, 9.17) is 17.3 Å². The Morgan fingerprint density at radius 3 is 2.94 bits per heavy atom. The predicted molar refractivity (Wildman–Crippen MR) is 72.6 cm³/mol. The van der Waals surface area contributed by atoms with Crippen molar-refractivity contribution in [2.45, 2.75) is 26.7 Å². The van der Waals surface area contributed by atoms with Crippen LogP contribution in [0.2, 0.25) is 5.15 Å². The van der Waals surface area contributed by atoms with E-state index < -0.39 is 0 Å². The SMILES string of the molecule is CC1(C)CCCN(C(=O)c2cc(Cl)ncc2N)C1. The maximum absolute atomic E-state index is 12.4. The van der Waals surface area contributed by atoms with Crippen LogP contribution in [0, 0.1) is 5.41 Å². The zero-order valence-corrected chi connectivity index (χ0v) is 11.5. The lowest BCUT2D eigenvalue weighted by Gasteiger charge is -2.38. The van der Waals surface area contributed by atoms with Crippen LogP contribution in [0.1, 0.15) is 37.0 Å². The first kappa shape index (κ1) is 13.1. The van der Waals surface area contributed by atoms with Crippen molar-refractivity contribution in [3.8, 4) is 0 Å². The van der Waals surface area contributed by atoms with Crippen LogP contribution < -0.4 is 5.73 Å². The Morgan fingerprint density at radius 2 is 2.28 bits per heavy atom. The molecule has 0 aromatic carbocycles. The fourth-order valence-electron chi connectivity index (χ4n) is 2.39. The summed E-state index contributed by atoms with van der Waals surface area (Å²) in [5, 5.41) is 0.295. The van der Waals surface area contributed by atoms with E-state index in [1.807, 2.05) is 4.90 Å². The number of aromatic nitrogens is 1. The van der Waals surface area contributed by atoms with Gasteiger partial charge in [0.2, 0.25) is 0 Å². The highest BCUT2D eigenvalue weighted by molar-refractivity contribution is 6.29. The Kier molecular flexibility index (Phi) is 3.48. The molecule has 4 nitrogen and oxygen atoms in total. The van der Waals surface area contributed by atoms with E-state index in [1.165, 1.54) is 6.20 Å². The topological polar surface area (TPSA) is 59.2 Å². The molecule has 2 N–H and O–H groups in total. The van der Waals surface area contributed by atoms with Crippen LogP contribution in [-0.4, -0.2) is 28.9 Å². The number of hydrogen-bond donors (Lipinski definition) is 1. The fourth-order valence-corrected chi connectivity index (χ4v) is 2.55. The maximum atomic E-state index is 12.4. The van der Waals surface area contributed by atoms with Crippen LogP contribution >= 0.6 is 11.6 Å². The molecule has 2 rings (SSSR count). The third kappa shape index (κ3) is 2.75. The molecule has 1 amide bonds. The van der Waals surface area contributed by atoms with Gasteiger partial charge in [-0.05, 0) is 24.3 Å². The highest BCUT2D eigenvalue weighted by atomic mass is 35.5. The summed E-state index contributed by atoms with van der Waals surface area (Å²) in [6, 6.07) is 1.54. The lowest BCUT2D eigenvalue weighted by molar-refractivity contribution is 0.0584. The number of rotatable bonds is 1. The number of nitrogens with zero attached hydrogens (tertiary/aromatic N) is 2. The van der Waals surface area contributed by atoms with Gasteiger partial charge in [0.05, 0.1) is 17.4 Å². The van der Waals surface area contributed by atoms with Gasteiger partial charge in [-0.1, -0.05) is 25.4 Å². The molecule has 1 saturated heterocycles. The monoisotopic (exact) mass is 267 g/mol. The first-order chi connectivity index (χ1) is 8.39. The van der Waals surface area contributed by atoms with Crippen molar-refractivity contribution in [2.75, 3.05) is 18.8 Å². The Hall–Kier alpha value is -1.29. The van der Waals surface area contributed by atoms with Crippen LogP contribution in [0.15, 0.2) is 12.3 Å². The number of anilines is 1. The van der Waals surface area contributed by atoms with E-state index in [-0.39, 0.29) is 11.3 Å². The summed E-state index contributed by atoms with van der Waals surface area (Å²) in [4.78, 5) is 18.1. The number of hydrogen-bond acceptors (Lipinski definition) is 3. The van der Waals surface area contributed by atoms with Gasteiger partial charge in [-0.15, -0.1) is 0 Å². The minimum Gasteiger partial charge on any atom is -0.397 e. The van der Waals surface area contributed by atoms with Gasteiger partial charge in [-0.3, -0.25) is 4.79 Å². The summed E-state index contributed by atoms with van der Waals surface area (Å²) in [6.45, 7) is 5.89. The van der Waals surface area contributed by atoms with Crippen LogP contribution in [-0.2, 0) is 0 Å². The van der Waals surface area contributed by atoms with Gasteiger partial charge in [0, 0.05) is 13.1 Å². The van der Waals surface area contributed by atoms with Crippen molar-refractivity contribution >= 4 is 23.2 Å². The summed E-state index contributed by atoms with van der Waals surface area (Å²) >= 11 is 5.82. The molecule has 18 heavy (non-hydrogen) atoms. The number of likely N-dealkylation sites (tertiary alicyclic amines) is 1. The standard InChI is InChI=1S/C13H18ClN3O/c1-13(2)4-3-5-17(8-13)12(18)9-6-11(14)16-7-10(9)15/h6-7H,3-5,8,15H2,1-2H3. The van der Waals surface area contributed by atoms with Crippen LogP contribution in [0.4, 0.5) is 5.69 Å². The Labute approximate surface area is 112 Å². The van der Waals surface area contributed by atoms with E-state index in [0.29, 0.717) is 16.4 Å². The minimum atomic E-state index is -0.0513. The molecule has 1 aromatic heterocycles. The van der Waals surface area contributed by atoms with Crippen molar-refractivity contribution in [3.05, 3.63) is 23.0 Å². The average Bonchev–Trinajstić information content (AvgIpc) is 2.30. The van der Waals surface area contributed by atoms with E-state index in [1.54, 1.807) is 6.07 Å². The zero-order chi connectivity index (χ0) is 13.3. The molecule has 0 bridgehead atoms. The maximum Gasteiger partial charge on any atom is 0.256 e. The minimum absolute atomic E-state index is 0.0513. The van der Waals surface area contributed by atoms with Crippen LogP contribution in [0.25, 0.3) is 0 Å². The largest absolute Gasteiger partial charge is 0.397 e. The molecule has 1 aliphatic heterocycles. The third-order valence-corrected chi connectivity index (χ3v) is 3.53. The van der Waals surface area contributed by atoms with Gasteiger partial charge < -0.3 is 10.6 Å². The molecular formula is C13H18ClN3O. The summed E-state index contributed by atoms with van der Waals surface area (Å²) in [5.74, 6) is -0.0513. The molecule has 1 aromatic rings. The lowest BCUT2D eigenvalue weighted by Crippen LogP contribution is -2.43. The number of piperidine rings is 1. The predicted octanol–water partition coefficient (Wildman–Crippen LogP) is 2.58. The van der Waals surface area contributed by atoms with Crippen molar-refractivity contribution in [1.82, 2.24) is 9.88 Å². The molecule has 5 heteroatoms. The van der Waals surface area contributed by atoms with Crippen molar-refractivity contribution < 1.29 is 4.79 Å². The number of halogens is 1. The molecule has 0 spiro atoms. The quantitative estimate of drug-likeness (QED) is 0.796. The van der Waals surface area contributed by atoms with E-state index in [0.717, 1.165) is 25.9 Å². The van der Waals surface area contributed by atoms with E-state index in [2.05, 4.69) is 18.8 Å². The highest BCUT2D eigenvalue weighted by Gasteiger charge is 2.30. The molecule has 0 radical (unpaired) electrons. The smallest absolute Gasteiger partial charge is 0.256 e. The van der Waals surface area contributed by atoms with Gasteiger partial charge in [-0.2, -0.15) is 0 Å². The van der Waals surface area contributed by atoms with Crippen molar-refractivity contribution in [3.63, 3.8) is 0 Å². The van der Waals surface area contributed by atoms with E-state index in [9.17, 15) is 4.79 Å². The molecule has 2 heterocycles. The average molecular weight is 268 g/mol. The summed E-state index contributed by atoms with van der Waals surface area (Å²) in [5.41, 5.74) is 6.80. The number of nitrogen functional groups attached to an aromatic ring is 1. The summed E-state index contributed by atoms with van der Waals surface area (Å²) in [7, 11) is 0. The Balaban J connectivity index is 2.23. The van der Waals surface area contributed by atoms with Crippen molar-refractivity contribution in [2.24, 2.45) is 5.41 Å². The summed E-state index contributed by atoms with van der Waals surface area (Å²) < 4.78 is 0. The molecule has 0 atom stereocenters. The van der Waals surface area contributed by atoms with Gasteiger partial charge in [0.15, 0.2) is 0 Å². The second kappa shape index (κ2) is 4.76. The number of amides is 1. The van der Waals surface area contributed by atoms with E-state index >= 15 is 0 Å².